The number of amides is 2. The van der Waals surface area contributed by atoms with Gasteiger partial charge in [-0.25, -0.2) is 14.2 Å². The van der Waals surface area contributed by atoms with Gasteiger partial charge in [-0.05, 0) is 35.6 Å². The molecule has 0 saturated heterocycles. The molecule has 9 nitrogen and oxygen atoms in total. The summed E-state index contributed by atoms with van der Waals surface area (Å²) < 4.78 is 3.47. The van der Waals surface area contributed by atoms with E-state index in [1.807, 2.05) is 10.7 Å². The Morgan fingerprint density at radius 2 is 2.36 bits per heavy atom. The molecule has 25 heavy (non-hydrogen) atoms. The molecular formula is C15H22N8OS. The van der Waals surface area contributed by atoms with E-state index in [9.17, 15) is 4.79 Å². The van der Waals surface area contributed by atoms with Crippen LogP contribution in [0.3, 0.4) is 0 Å². The summed E-state index contributed by atoms with van der Waals surface area (Å²) in [6.07, 6.45) is 9.51. The average molecular weight is 362 g/mol. The van der Waals surface area contributed by atoms with Gasteiger partial charge in [-0.15, -0.1) is 5.10 Å². The molecule has 2 N–H and O–H groups in total. The number of allylic oxidation sites excluding steroid dienone is 2. The van der Waals surface area contributed by atoms with E-state index in [1.165, 1.54) is 11.8 Å². The van der Waals surface area contributed by atoms with Crippen LogP contribution in [0.25, 0.3) is 0 Å². The van der Waals surface area contributed by atoms with Gasteiger partial charge in [0, 0.05) is 32.0 Å². The minimum absolute atomic E-state index is 0.234. The van der Waals surface area contributed by atoms with Gasteiger partial charge in [0.05, 0.1) is 6.20 Å². The monoisotopic (exact) mass is 362 g/mol. The lowest BCUT2D eigenvalue weighted by Crippen LogP contribution is -2.31. The zero-order chi connectivity index (χ0) is 17.5. The number of carbonyl (C=O) groups is 1. The van der Waals surface area contributed by atoms with Crippen LogP contribution in [0.5, 0.6) is 0 Å². The lowest BCUT2D eigenvalue weighted by atomic mass is 9.94. The first-order valence-electron chi connectivity index (χ1n) is 8.29. The number of hydrogen-bond donors (Lipinski definition) is 2. The van der Waals surface area contributed by atoms with Crippen LogP contribution in [-0.4, -0.2) is 48.3 Å². The van der Waals surface area contributed by atoms with Crippen molar-refractivity contribution in [3.8, 4) is 0 Å². The minimum Gasteiger partial charge on any atom is -0.337 e. The van der Waals surface area contributed by atoms with E-state index in [2.05, 4.69) is 43.4 Å². The molecule has 1 aliphatic carbocycles. The maximum absolute atomic E-state index is 12.1. The molecule has 3 rings (SSSR count). The van der Waals surface area contributed by atoms with Crippen molar-refractivity contribution >= 4 is 23.6 Å². The fourth-order valence-corrected chi connectivity index (χ4v) is 3.37. The van der Waals surface area contributed by atoms with E-state index < -0.39 is 0 Å². The van der Waals surface area contributed by atoms with Crippen LogP contribution in [0.2, 0.25) is 0 Å². The second kappa shape index (κ2) is 8.65. The Morgan fingerprint density at radius 1 is 1.44 bits per heavy atom. The van der Waals surface area contributed by atoms with E-state index in [-0.39, 0.29) is 6.03 Å². The van der Waals surface area contributed by atoms with Crippen LogP contribution in [0.4, 0.5) is 10.6 Å². The zero-order valence-corrected chi connectivity index (χ0v) is 14.9. The fraction of sp³-hybridized carbons (Fsp3) is 0.533. The third kappa shape index (κ3) is 5.05. The Hall–Kier alpha value is -2.36. The van der Waals surface area contributed by atoms with Crippen LogP contribution in [-0.2, 0) is 13.6 Å². The molecule has 134 valence electrons. The Balaban J connectivity index is 1.41. The third-order valence-corrected chi connectivity index (χ3v) is 4.98. The Kier molecular flexibility index (Phi) is 6.04. The topological polar surface area (TPSA) is 103 Å². The molecular weight excluding hydrogens is 340 g/mol. The number of carbonyl (C=O) groups excluding carboxylic acids is 1. The fourth-order valence-electron chi connectivity index (χ4n) is 2.66. The van der Waals surface area contributed by atoms with Gasteiger partial charge in [0.2, 0.25) is 5.16 Å². The molecule has 0 fully saturated rings. The lowest BCUT2D eigenvalue weighted by Gasteiger charge is -2.19. The Labute approximate surface area is 150 Å². The van der Waals surface area contributed by atoms with Gasteiger partial charge >= 0.3 is 6.03 Å². The summed E-state index contributed by atoms with van der Waals surface area (Å²) in [4.78, 5) is 12.1. The summed E-state index contributed by atoms with van der Waals surface area (Å²) in [7, 11) is 1.78. The Morgan fingerprint density at radius 3 is 3.12 bits per heavy atom. The van der Waals surface area contributed by atoms with E-state index in [1.54, 1.807) is 17.9 Å². The number of tetrazole rings is 1. The van der Waals surface area contributed by atoms with Crippen molar-refractivity contribution < 1.29 is 4.79 Å². The minimum atomic E-state index is -0.234. The molecule has 10 heteroatoms. The van der Waals surface area contributed by atoms with Gasteiger partial charge < -0.3 is 5.32 Å². The van der Waals surface area contributed by atoms with Gasteiger partial charge in [-0.3, -0.25) is 5.32 Å². The lowest BCUT2D eigenvalue weighted by molar-refractivity contribution is 0.252. The number of urea groups is 1. The average Bonchev–Trinajstić information content (AvgIpc) is 3.22. The van der Waals surface area contributed by atoms with E-state index in [0.29, 0.717) is 18.2 Å². The van der Waals surface area contributed by atoms with Crippen LogP contribution in [0, 0.1) is 5.92 Å². The number of nitrogens with zero attached hydrogens (tertiary/aromatic N) is 6. The number of hydrogen-bond acceptors (Lipinski definition) is 6. The second-order valence-electron chi connectivity index (χ2n) is 5.86. The molecule has 2 aromatic rings. The molecule has 0 spiro atoms. The quantitative estimate of drug-likeness (QED) is 0.441. The normalized spacial score (nSPS) is 16.8. The van der Waals surface area contributed by atoms with Gasteiger partial charge in [0.15, 0.2) is 0 Å². The first-order valence-corrected chi connectivity index (χ1v) is 9.28. The van der Waals surface area contributed by atoms with Gasteiger partial charge in [-0.2, -0.15) is 5.10 Å². The molecule has 0 saturated carbocycles. The van der Waals surface area contributed by atoms with Crippen LogP contribution in [0.1, 0.15) is 19.3 Å². The van der Waals surface area contributed by atoms with Crippen molar-refractivity contribution in [3.05, 3.63) is 24.4 Å². The maximum Gasteiger partial charge on any atom is 0.320 e. The SMILES string of the molecule is Cn1nnnc1SCCNC(=O)Nc1ccnn1CC1CC=CCC1. The van der Waals surface area contributed by atoms with E-state index >= 15 is 0 Å². The zero-order valence-electron chi connectivity index (χ0n) is 14.1. The van der Waals surface area contributed by atoms with Crippen molar-refractivity contribution in [2.24, 2.45) is 13.0 Å². The summed E-state index contributed by atoms with van der Waals surface area (Å²) in [5.74, 6) is 1.98. The highest BCUT2D eigenvalue weighted by Crippen LogP contribution is 2.21. The second-order valence-corrected chi connectivity index (χ2v) is 6.93. The Bertz CT molecular complexity index is 725. The van der Waals surface area contributed by atoms with Crippen molar-refractivity contribution in [3.63, 3.8) is 0 Å². The molecule has 0 aliphatic heterocycles. The summed E-state index contributed by atoms with van der Waals surface area (Å²) in [5, 5.41) is 22.0. The molecule has 2 aromatic heterocycles. The molecule has 0 aromatic carbocycles. The number of aryl methyl sites for hydroxylation is 1. The predicted molar refractivity (Wildman–Crippen MR) is 95.3 cm³/mol. The highest BCUT2D eigenvalue weighted by atomic mass is 32.2. The first-order chi connectivity index (χ1) is 12.2. The van der Waals surface area contributed by atoms with Gasteiger partial charge in [-0.1, -0.05) is 23.9 Å². The molecule has 2 heterocycles. The highest BCUT2D eigenvalue weighted by molar-refractivity contribution is 7.99. The molecule has 0 radical (unpaired) electrons. The van der Waals surface area contributed by atoms with E-state index in [0.717, 1.165) is 36.8 Å². The molecule has 1 atom stereocenters. The summed E-state index contributed by atoms with van der Waals surface area (Å²) in [5.41, 5.74) is 0. The molecule has 1 unspecified atom stereocenters. The van der Waals surface area contributed by atoms with Crippen LogP contribution >= 0.6 is 11.8 Å². The van der Waals surface area contributed by atoms with Crippen molar-refractivity contribution in [2.45, 2.75) is 31.0 Å². The third-order valence-electron chi connectivity index (χ3n) is 3.97. The van der Waals surface area contributed by atoms with Crippen LogP contribution in [0.15, 0.2) is 29.6 Å². The number of aromatic nitrogens is 6. The summed E-state index contributed by atoms with van der Waals surface area (Å²) >= 11 is 1.49. The number of thioether (sulfide) groups is 1. The van der Waals surface area contributed by atoms with Crippen molar-refractivity contribution in [2.75, 3.05) is 17.6 Å². The van der Waals surface area contributed by atoms with Crippen LogP contribution < -0.4 is 10.6 Å². The smallest absolute Gasteiger partial charge is 0.320 e. The number of rotatable bonds is 7. The predicted octanol–water partition coefficient (Wildman–Crippen LogP) is 1.68. The highest BCUT2D eigenvalue weighted by Gasteiger charge is 2.14. The number of nitrogens with one attached hydrogen (secondary N) is 2. The molecule has 0 bridgehead atoms. The van der Waals surface area contributed by atoms with Gasteiger partial charge in [0.1, 0.15) is 5.82 Å². The number of anilines is 1. The summed E-state index contributed by atoms with van der Waals surface area (Å²) in [6.45, 7) is 1.34. The summed E-state index contributed by atoms with van der Waals surface area (Å²) in [6, 6.07) is 1.58. The maximum atomic E-state index is 12.1. The molecule has 1 aliphatic rings. The van der Waals surface area contributed by atoms with Crippen molar-refractivity contribution in [1.82, 2.24) is 35.3 Å². The largest absolute Gasteiger partial charge is 0.337 e. The van der Waals surface area contributed by atoms with E-state index in [4.69, 9.17) is 0 Å². The molecule has 2 amide bonds. The van der Waals surface area contributed by atoms with Crippen molar-refractivity contribution in [1.29, 1.82) is 0 Å². The first kappa shape index (κ1) is 17.5. The standard InChI is InChI=1S/C15H22N8OS/c1-22-15(19-20-21-22)25-10-9-16-14(24)18-13-7-8-17-23(13)11-12-5-3-2-4-6-12/h2-3,7-8,12H,4-6,9-11H2,1H3,(H2,16,18,24). The van der Waals surface area contributed by atoms with Gasteiger partial charge in [0.25, 0.3) is 0 Å².